The first-order valence-electron chi connectivity index (χ1n) is 10.9. The second kappa shape index (κ2) is 10.2. The third-order valence-corrected chi connectivity index (χ3v) is 5.89. The van der Waals surface area contributed by atoms with Gasteiger partial charge in [-0.25, -0.2) is 4.68 Å². The van der Waals surface area contributed by atoms with E-state index in [1.807, 2.05) is 39.9 Å². The predicted octanol–water partition coefficient (Wildman–Crippen LogP) is 3.50. The lowest BCUT2D eigenvalue weighted by Gasteiger charge is -2.33. The average molecular weight is 447 g/mol. The normalized spacial score (nSPS) is 15.1. The van der Waals surface area contributed by atoms with Crippen LogP contribution in [0.2, 0.25) is 0 Å². The molecule has 1 N–H and O–H groups in total. The Kier molecular flexibility index (Phi) is 6.95. The summed E-state index contributed by atoms with van der Waals surface area (Å²) in [6.45, 7) is 1.16. The third kappa shape index (κ3) is 5.01. The molecule has 4 rings (SSSR count). The van der Waals surface area contributed by atoms with Gasteiger partial charge in [-0.15, -0.1) is 0 Å². The maximum atomic E-state index is 12.9. The minimum Gasteiger partial charge on any atom is -0.367 e. The summed E-state index contributed by atoms with van der Waals surface area (Å²) in [7, 11) is 1.51. The fourth-order valence-electron chi connectivity index (χ4n) is 4.12. The maximum Gasteiger partial charge on any atom is 0.259 e. The van der Waals surface area contributed by atoms with Crippen LogP contribution < -0.4 is 5.32 Å². The first-order valence-corrected chi connectivity index (χ1v) is 10.9. The lowest BCUT2D eigenvalue weighted by Crippen LogP contribution is -2.39. The van der Waals surface area contributed by atoms with Crippen molar-refractivity contribution in [2.45, 2.75) is 25.0 Å². The summed E-state index contributed by atoms with van der Waals surface area (Å²) in [5.41, 5.74) is 1.88. The topological polar surface area (TPSA) is 93.5 Å². The minimum absolute atomic E-state index is 0.0503. The summed E-state index contributed by atoms with van der Waals surface area (Å²) < 4.78 is 7.24. The van der Waals surface area contributed by atoms with Crippen LogP contribution in [-0.4, -0.2) is 53.0 Å². The predicted molar refractivity (Wildman–Crippen MR) is 123 cm³/mol. The molecule has 2 heterocycles. The van der Waals surface area contributed by atoms with Crippen molar-refractivity contribution < 1.29 is 19.1 Å². The number of methoxy groups -OCH3 is 1. The third-order valence-electron chi connectivity index (χ3n) is 5.89. The number of carbonyl (C=O) groups is 3. The molecule has 0 saturated carbocycles. The highest BCUT2D eigenvalue weighted by Gasteiger charge is 2.27. The number of benzene rings is 2. The molecule has 1 aliphatic heterocycles. The van der Waals surface area contributed by atoms with Crippen molar-refractivity contribution >= 4 is 23.9 Å². The summed E-state index contributed by atoms with van der Waals surface area (Å²) in [5, 5.41) is 7.36. The highest BCUT2D eigenvalue weighted by Crippen LogP contribution is 2.27. The molecule has 33 heavy (non-hydrogen) atoms. The molecule has 0 radical (unpaired) electrons. The number of piperidine rings is 1. The van der Waals surface area contributed by atoms with Crippen LogP contribution in [0.1, 0.15) is 51.3 Å². The molecule has 2 aromatic carbocycles. The molecule has 0 spiro atoms. The first kappa shape index (κ1) is 22.4. The zero-order valence-corrected chi connectivity index (χ0v) is 18.4. The fraction of sp³-hybridized carbons (Fsp3) is 0.280. The Morgan fingerprint density at radius 3 is 2.39 bits per heavy atom. The largest absolute Gasteiger partial charge is 0.367 e. The fourth-order valence-corrected chi connectivity index (χ4v) is 4.12. The molecule has 1 aliphatic rings. The quantitative estimate of drug-likeness (QED) is 0.561. The first-order chi connectivity index (χ1) is 16.1. The molecular formula is C25H26N4O4. The van der Waals surface area contributed by atoms with E-state index < -0.39 is 6.10 Å². The molecule has 0 unspecified atom stereocenters. The van der Waals surface area contributed by atoms with Gasteiger partial charge in [0.25, 0.3) is 11.8 Å². The van der Waals surface area contributed by atoms with Gasteiger partial charge in [0.05, 0.1) is 12.2 Å². The van der Waals surface area contributed by atoms with Gasteiger partial charge in [0.1, 0.15) is 12.1 Å². The van der Waals surface area contributed by atoms with Crippen molar-refractivity contribution in [2.24, 2.45) is 0 Å². The molecule has 170 valence electrons. The van der Waals surface area contributed by atoms with E-state index in [1.165, 1.54) is 7.11 Å². The Labute approximate surface area is 192 Å². The van der Waals surface area contributed by atoms with Gasteiger partial charge in [0.15, 0.2) is 6.10 Å². The Bertz CT molecular complexity index is 1100. The second-order valence-corrected chi connectivity index (χ2v) is 7.94. The number of hydrogen-bond acceptors (Lipinski definition) is 5. The van der Waals surface area contributed by atoms with E-state index in [1.54, 1.807) is 36.5 Å². The number of amides is 2. The summed E-state index contributed by atoms with van der Waals surface area (Å²) in [6.07, 6.45) is 3.13. The van der Waals surface area contributed by atoms with Crippen molar-refractivity contribution in [3.05, 3.63) is 83.6 Å². The van der Waals surface area contributed by atoms with Crippen LogP contribution in [0.3, 0.4) is 0 Å². The van der Waals surface area contributed by atoms with Crippen molar-refractivity contribution in [3.63, 3.8) is 0 Å². The van der Waals surface area contributed by atoms with Crippen LogP contribution >= 0.6 is 0 Å². The van der Waals surface area contributed by atoms with Gasteiger partial charge in [0, 0.05) is 37.4 Å². The number of likely N-dealkylation sites (tertiary alicyclic amines) is 1. The lowest BCUT2D eigenvalue weighted by molar-refractivity contribution is -0.126. The number of hydrogen-bond donors (Lipinski definition) is 1. The van der Waals surface area contributed by atoms with Crippen molar-refractivity contribution in [1.29, 1.82) is 0 Å². The van der Waals surface area contributed by atoms with Crippen molar-refractivity contribution in [2.75, 3.05) is 25.5 Å². The number of rotatable bonds is 7. The number of aromatic nitrogens is 2. The SMILES string of the molecule is CO[C@H](C(=O)Nc1ccnn1C1CCN(C(=O)c2ccc(C=O)cc2)CC1)c1ccccc1. The molecule has 1 fully saturated rings. The standard InChI is InChI=1S/C25H26N4O4/c1-33-23(19-5-3-2-4-6-19)24(31)27-22-11-14-26-29(22)21-12-15-28(16-13-21)25(32)20-9-7-18(17-30)8-10-20/h2-11,14,17,21,23H,12-13,15-16H2,1H3,(H,27,31)/t23-/m0/s1. The molecule has 1 saturated heterocycles. The molecule has 1 atom stereocenters. The highest BCUT2D eigenvalue weighted by molar-refractivity contribution is 5.95. The van der Waals surface area contributed by atoms with Crippen molar-refractivity contribution in [3.8, 4) is 0 Å². The van der Waals surface area contributed by atoms with Gasteiger partial charge in [-0.2, -0.15) is 5.10 Å². The summed E-state index contributed by atoms with van der Waals surface area (Å²) in [5.74, 6) is 0.287. The number of aldehydes is 1. The Morgan fingerprint density at radius 1 is 1.06 bits per heavy atom. The second-order valence-electron chi connectivity index (χ2n) is 7.94. The molecule has 0 aliphatic carbocycles. The number of ether oxygens (including phenoxy) is 1. The maximum absolute atomic E-state index is 12.9. The van der Waals surface area contributed by atoms with E-state index in [9.17, 15) is 14.4 Å². The van der Waals surface area contributed by atoms with E-state index in [0.717, 1.165) is 24.7 Å². The van der Waals surface area contributed by atoms with Crippen LogP contribution in [0.5, 0.6) is 0 Å². The summed E-state index contributed by atoms with van der Waals surface area (Å²) in [4.78, 5) is 38.3. The molecular weight excluding hydrogens is 420 g/mol. The van der Waals surface area contributed by atoms with Gasteiger partial charge in [0.2, 0.25) is 0 Å². The van der Waals surface area contributed by atoms with Crippen LogP contribution in [0.25, 0.3) is 0 Å². The molecule has 8 nitrogen and oxygen atoms in total. The number of carbonyl (C=O) groups excluding carboxylic acids is 3. The van der Waals surface area contributed by atoms with E-state index >= 15 is 0 Å². The lowest BCUT2D eigenvalue weighted by atomic mass is 10.0. The van der Waals surface area contributed by atoms with E-state index in [2.05, 4.69) is 10.4 Å². The average Bonchev–Trinajstić information content (AvgIpc) is 3.33. The van der Waals surface area contributed by atoms with E-state index in [4.69, 9.17) is 4.74 Å². The number of nitrogens with zero attached hydrogens (tertiary/aromatic N) is 3. The number of nitrogens with one attached hydrogen (secondary N) is 1. The smallest absolute Gasteiger partial charge is 0.259 e. The van der Waals surface area contributed by atoms with Gasteiger partial charge >= 0.3 is 0 Å². The van der Waals surface area contributed by atoms with Crippen LogP contribution in [0, 0.1) is 0 Å². The highest BCUT2D eigenvalue weighted by atomic mass is 16.5. The Morgan fingerprint density at radius 2 is 1.76 bits per heavy atom. The summed E-state index contributed by atoms with van der Waals surface area (Å²) in [6, 6.07) is 17.8. The van der Waals surface area contributed by atoms with Crippen LogP contribution in [-0.2, 0) is 9.53 Å². The zero-order chi connectivity index (χ0) is 23.2. The molecule has 3 aromatic rings. The summed E-state index contributed by atoms with van der Waals surface area (Å²) >= 11 is 0. The molecule has 1 aromatic heterocycles. The Hall–Kier alpha value is -3.78. The van der Waals surface area contributed by atoms with Gasteiger partial charge in [-0.3, -0.25) is 14.4 Å². The Balaban J connectivity index is 1.39. The molecule has 0 bridgehead atoms. The number of anilines is 1. The van der Waals surface area contributed by atoms with Gasteiger partial charge < -0.3 is 15.0 Å². The zero-order valence-electron chi connectivity index (χ0n) is 18.4. The molecule has 2 amide bonds. The molecule has 8 heteroatoms. The monoisotopic (exact) mass is 446 g/mol. The van der Waals surface area contributed by atoms with Gasteiger partial charge in [-0.1, -0.05) is 42.5 Å². The minimum atomic E-state index is -0.723. The van der Waals surface area contributed by atoms with E-state index in [0.29, 0.717) is 30.0 Å². The van der Waals surface area contributed by atoms with Gasteiger partial charge in [-0.05, 0) is 30.5 Å². The van der Waals surface area contributed by atoms with E-state index in [-0.39, 0.29) is 17.9 Å². The van der Waals surface area contributed by atoms with Crippen LogP contribution in [0.15, 0.2) is 66.9 Å². The van der Waals surface area contributed by atoms with Crippen LogP contribution in [0.4, 0.5) is 5.82 Å². The van der Waals surface area contributed by atoms with Crippen molar-refractivity contribution in [1.82, 2.24) is 14.7 Å².